The van der Waals surface area contributed by atoms with Gasteiger partial charge in [-0.2, -0.15) is 13.2 Å². The van der Waals surface area contributed by atoms with Gasteiger partial charge < -0.3 is 15.8 Å². The van der Waals surface area contributed by atoms with Gasteiger partial charge in [0.15, 0.2) is 0 Å². The first-order chi connectivity index (χ1) is 14.7. The third kappa shape index (κ3) is 6.01. The number of aromatic nitrogens is 1. The molecule has 3 N–H and O–H groups in total. The molecule has 0 aliphatic carbocycles. The number of alkyl halides is 3. The first kappa shape index (κ1) is 23.1. The van der Waals surface area contributed by atoms with E-state index >= 15 is 0 Å². The number of carbonyl (C=O) groups is 1. The number of ether oxygens (including phenoxy) is 1. The monoisotopic (exact) mass is 456 g/mol. The third-order valence-corrected chi connectivity index (χ3v) is 5.43. The number of hydrogen-bond acceptors (Lipinski definition) is 5. The molecule has 0 spiro atoms. The van der Waals surface area contributed by atoms with E-state index in [9.17, 15) is 18.0 Å². The van der Waals surface area contributed by atoms with Crippen LogP contribution in [0.5, 0.6) is 5.75 Å². The van der Waals surface area contributed by atoms with Crippen LogP contribution >= 0.6 is 11.6 Å². The molecule has 3 rings (SSSR count). The fourth-order valence-electron chi connectivity index (χ4n) is 3.58. The first-order valence-electron chi connectivity index (χ1n) is 9.94. The van der Waals surface area contributed by atoms with Gasteiger partial charge in [0.05, 0.1) is 22.8 Å². The lowest BCUT2D eigenvalue weighted by Gasteiger charge is -2.32. The zero-order valence-corrected chi connectivity index (χ0v) is 17.8. The molecular formula is C21H24ClF3N4O2. The van der Waals surface area contributed by atoms with Gasteiger partial charge in [0, 0.05) is 31.9 Å². The van der Waals surface area contributed by atoms with Gasteiger partial charge in [-0.05, 0) is 43.5 Å². The largest absolute Gasteiger partial charge is 0.492 e. The second-order valence-electron chi connectivity index (χ2n) is 7.37. The van der Waals surface area contributed by atoms with Gasteiger partial charge in [-0.3, -0.25) is 9.69 Å². The van der Waals surface area contributed by atoms with Crippen LogP contribution in [0.3, 0.4) is 0 Å². The summed E-state index contributed by atoms with van der Waals surface area (Å²) in [5, 5.41) is 3.62. The molecule has 0 bridgehead atoms. The standard InChI is InChI=1S/C21H24ClF3N4O2/c1-2-31-18-9-13(3-4-17(18)22)12-29-7-5-14(6-8-29)28-19-10-16(21(23,24)25)15(11-27-19)20(26)30/h3-4,9-11,14H,2,5-8,12H2,1H3,(H2,26,30)(H,27,28). The van der Waals surface area contributed by atoms with Crippen molar-refractivity contribution in [3.8, 4) is 5.75 Å². The van der Waals surface area contributed by atoms with Crippen molar-refractivity contribution in [3.05, 3.63) is 52.2 Å². The normalized spacial score (nSPS) is 15.6. The summed E-state index contributed by atoms with van der Waals surface area (Å²) in [5.41, 5.74) is 4.40. The average Bonchev–Trinajstić information content (AvgIpc) is 2.71. The molecule has 0 saturated carbocycles. The van der Waals surface area contributed by atoms with Crippen molar-refractivity contribution >= 4 is 23.3 Å². The lowest BCUT2D eigenvalue weighted by Crippen LogP contribution is -2.38. The Labute approximate surface area is 183 Å². The number of likely N-dealkylation sites (tertiary alicyclic amines) is 1. The summed E-state index contributed by atoms with van der Waals surface area (Å²) in [4.78, 5) is 17.5. The minimum Gasteiger partial charge on any atom is -0.492 e. The Morgan fingerprint density at radius 2 is 2.03 bits per heavy atom. The smallest absolute Gasteiger partial charge is 0.417 e. The number of benzene rings is 1. The van der Waals surface area contributed by atoms with Crippen LogP contribution in [0.1, 0.15) is 41.3 Å². The zero-order chi connectivity index (χ0) is 22.6. The number of carbonyl (C=O) groups excluding carboxylic acids is 1. The molecule has 6 nitrogen and oxygen atoms in total. The van der Waals surface area contributed by atoms with Gasteiger partial charge in [-0.25, -0.2) is 4.98 Å². The van der Waals surface area contributed by atoms with Crippen LogP contribution in [0.15, 0.2) is 30.5 Å². The number of nitrogens with two attached hydrogens (primary N) is 1. The predicted molar refractivity (Wildman–Crippen MR) is 112 cm³/mol. The Balaban J connectivity index is 1.59. The van der Waals surface area contributed by atoms with Crippen molar-refractivity contribution in [2.45, 2.75) is 38.5 Å². The van der Waals surface area contributed by atoms with Gasteiger partial charge in [0.2, 0.25) is 0 Å². The SMILES string of the molecule is CCOc1cc(CN2CCC(Nc3cc(C(F)(F)F)c(C(N)=O)cn3)CC2)ccc1Cl. The van der Waals surface area contributed by atoms with Gasteiger partial charge in [-0.15, -0.1) is 0 Å². The molecule has 0 atom stereocenters. The van der Waals surface area contributed by atoms with E-state index in [-0.39, 0.29) is 11.9 Å². The highest BCUT2D eigenvalue weighted by molar-refractivity contribution is 6.32. The van der Waals surface area contributed by atoms with Crippen molar-refractivity contribution in [2.24, 2.45) is 5.73 Å². The molecule has 1 amide bonds. The molecule has 1 aliphatic rings. The number of anilines is 1. The summed E-state index contributed by atoms with van der Waals surface area (Å²) >= 11 is 6.13. The van der Waals surface area contributed by atoms with E-state index in [4.69, 9.17) is 22.1 Å². The second-order valence-corrected chi connectivity index (χ2v) is 7.78. The summed E-state index contributed by atoms with van der Waals surface area (Å²) in [6, 6.07) is 6.52. The van der Waals surface area contributed by atoms with Crippen LogP contribution in [-0.4, -0.2) is 41.5 Å². The van der Waals surface area contributed by atoms with Crippen LogP contribution in [-0.2, 0) is 12.7 Å². The average molecular weight is 457 g/mol. The van der Waals surface area contributed by atoms with E-state index in [0.29, 0.717) is 17.4 Å². The zero-order valence-electron chi connectivity index (χ0n) is 17.0. The number of nitrogens with one attached hydrogen (secondary N) is 1. The van der Waals surface area contributed by atoms with Crippen LogP contribution in [0.2, 0.25) is 5.02 Å². The fraction of sp³-hybridized carbons (Fsp3) is 0.429. The predicted octanol–water partition coefficient (Wildman–Crippen LogP) is 4.33. The lowest BCUT2D eigenvalue weighted by molar-refractivity contribution is -0.137. The maximum atomic E-state index is 13.2. The fourth-order valence-corrected chi connectivity index (χ4v) is 3.75. The highest BCUT2D eigenvalue weighted by Crippen LogP contribution is 2.33. The number of hydrogen-bond donors (Lipinski definition) is 2. The quantitative estimate of drug-likeness (QED) is 0.648. The maximum absolute atomic E-state index is 13.2. The third-order valence-electron chi connectivity index (χ3n) is 5.12. The summed E-state index contributed by atoms with van der Waals surface area (Å²) in [6.45, 7) is 4.71. The second kappa shape index (κ2) is 9.74. The Morgan fingerprint density at radius 1 is 1.32 bits per heavy atom. The van der Waals surface area contributed by atoms with Crippen LogP contribution < -0.4 is 15.8 Å². The molecule has 31 heavy (non-hydrogen) atoms. The molecule has 168 valence electrons. The number of rotatable bonds is 7. The lowest BCUT2D eigenvalue weighted by atomic mass is 10.0. The van der Waals surface area contributed by atoms with Crippen LogP contribution in [0, 0.1) is 0 Å². The molecule has 1 fully saturated rings. The highest BCUT2D eigenvalue weighted by Gasteiger charge is 2.35. The summed E-state index contributed by atoms with van der Waals surface area (Å²) in [5.74, 6) is -0.423. The van der Waals surface area contributed by atoms with E-state index in [2.05, 4.69) is 15.2 Å². The number of primary amides is 1. The molecule has 1 aromatic heterocycles. The van der Waals surface area contributed by atoms with Gasteiger partial charge in [0.25, 0.3) is 5.91 Å². The number of pyridine rings is 1. The summed E-state index contributed by atoms with van der Waals surface area (Å²) < 4.78 is 45.3. The number of nitrogens with zero attached hydrogens (tertiary/aromatic N) is 2. The first-order valence-corrected chi connectivity index (χ1v) is 10.3. The minimum atomic E-state index is -4.69. The van der Waals surface area contributed by atoms with E-state index < -0.39 is 23.2 Å². The Kier molecular flexibility index (Phi) is 7.27. The summed E-state index contributed by atoms with van der Waals surface area (Å²) in [7, 11) is 0. The van der Waals surface area contributed by atoms with Gasteiger partial charge in [-0.1, -0.05) is 17.7 Å². The van der Waals surface area contributed by atoms with Crippen molar-refractivity contribution in [3.63, 3.8) is 0 Å². The van der Waals surface area contributed by atoms with Crippen molar-refractivity contribution in [1.82, 2.24) is 9.88 Å². The van der Waals surface area contributed by atoms with Crippen molar-refractivity contribution in [2.75, 3.05) is 25.0 Å². The van der Waals surface area contributed by atoms with Crippen LogP contribution in [0.25, 0.3) is 0 Å². The molecule has 2 aromatic rings. The Morgan fingerprint density at radius 3 is 2.65 bits per heavy atom. The van der Waals surface area contributed by atoms with E-state index in [0.717, 1.165) is 50.3 Å². The minimum absolute atomic E-state index is 0.0199. The summed E-state index contributed by atoms with van der Waals surface area (Å²) in [6.07, 6.45) is -2.33. The molecule has 1 aromatic carbocycles. The van der Waals surface area contributed by atoms with E-state index in [1.807, 2.05) is 25.1 Å². The maximum Gasteiger partial charge on any atom is 0.417 e. The molecule has 1 aliphatic heterocycles. The van der Waals surface area contributed by atoms with E-state index in [1.54, 1.807) is 0 Å². The number of piperidine rings is 1. The molecule has 1 saturated heterocycles. The highest BCUT2D eigenvalue weighted by atomic mass is 35.5. The Hall–Kier alpha value is -2.52. The molecule has 2 heterocycles. The number of halogens is 4. The van der Waals surface area contributed by atoms with Gasteiger partial charge in [0.1, 0.15) is 11.6 Å². The molecular weight excluding hydrogens is 433 g/mol. The molecule has 0 radical (unpaired) electrons. The Bertz CT molecular complexity index is 931. The van der Waals surface area contributed by atoms with Crippen molar-refractivity contribution in [1.29, 1.82) is 0 Å². The molecule has 0 unspecified atom stereocenters. The van der Waals surface area contributed by atoms with E-state index in [1.165, 1.54) is 0 Å². The van der Waals surface area contributed by atoms with Gasteiger partial charge >= 0.3 is 6.18 Å². The number of amides is 1. The van der Waals surface area contributed by atoms with Crippen LogP contribution in [0.4, 0.5) is 19.0 Å². The molecule has 10 heteroatoms. The topological polar surface area (TPSA) is 80.5 Å². The van der Waals surface area contributed by atoms with Crippen molar-refractivity contribution < 1.29 is 22.7 Å².